The molecular weight excluding hydrogens is 214 g/mol. The standard InChI is InChI=1S/C14H27NO2/c16-12-8-6-11(7-9-12)10-15-13-4-2-1-3-5-14(13)17/h11-17H,1-10H2. The fourth-order valence-corrected chi connectivity index (χ4v) is 3.19. The molecule has 17 heavy (non-hydrogen) atoms. The molecule has 0 bridgehead atoms. The van der Waals surface area contributed by atoms with Crippen LogP contribution in [0.1, 0.15) is 57.8 Å². The second-order valence-electron chi connectivity index (χ2n) is 5.89. The summed E-state index contributed by atoms with van der Waals surface area (Å²) in [5.74, 6) is 0.703. The first-order valence-corrected chi connectivity index (χ1v) is 7.35. The predicted molar refractivity (Wildman–Crippen MR) is 68.8 cm³/mol. The Balaban J connectivity index is 1.69. The van der Waals surface area contributed by atoms with Gasteiger partial charge in [-0.05, 0) is 51.0 Å². The largest absolute Gasteiger partial charge is 0.393 e. The molecule has 0 spiro atoms. The maximum Gasteiger partial charge on any atom is 0.0693 e. The Labute approximate surface area is 105 Å². The van der Waals surface area contributed by atoms with Gasteiger partial charge in [-0.2, -0.15) is 0 Å². The van der Waals surface area contributed by atoms with Crippen molar-refractivity contribution in [3.8, 4) is 0 Å². The molecule has 0 aromatic heterocycles. The molecule has 3 nitrogen and oxygen atoms in total. The first-order valence-electron chi connectivity index (χ1n) is 7.35. The van der Waals surface area contributed by atoms with E-state index in [-0.39, 0.29) is 12.2 Å². The molecule has 0 radical (unpaired) electrons. The SMILES string of the molecule is OC1CCC(CNC2CCCCCC2O)CC1. The minimum absolute atomic E-state index is 0.0604. The minimum Gasteiger partial charge on any atom is -0.393 e. The first kappa shape index (κ1) is 13.3. The van der Waals surface area contributed by atoms with E-state index in [1.807, 2.05) is 0 Å². The molecule has 0 aromatic carbocycles. The molecule has 2 rings (SSSR count). The fourth-order valence-electron chi connectivity index (χ4n) is 3.19. The highest BCUT2D eigenvalue weighted by atomic mass is 16.3. The van der Waals surface area contributed by atoms with Crippen LogP contribution in [-0.2, 0) is 0 Å². The second kappa shape index (κ2) is 6.72. The van der Waals surface area contributed by atoms with Gasteiger partial charge in [0.2, 0.25) is 0 Å². The molecule has 2 aliphatic carbocycles. The van der Waals surface area contributed by atoms with Gasteiger partial charge < -0.3 is 15.5 Å². The average molecular weight is 241 g/mol. The van der Waals surface area contributed by atoms with Crippen LogP contribution in [0.15, 0.2) is 0 Å². The maximum absolute atomic E-state index is 10.0. The van der Waals surface area contributed by atoms with Crippen molar-refractivity contribution in [2.45, 2.75) is 76.0 Å². The van der Waals surface area contributed by atoms with Crippen molar-refractivity contribution in [2.75, 3.05) is 6.54 Å². The monoisotopic (exact) mass is 241 g/mol. The van der Waals surface area contributed by atoms with Crippen LogP contribution in [0.25, 0.3) is 0 Å². The highest BCUT2D eigenvalue weighted by molar-refractivity contribution is 4.81. The lowest BCUT2D eigenvalue weighted by Gasteiger charge is -2.29. The molecule has 0 saturated heterocycles. The molecule has 2 aliphatic rings. The number of nitrogens with one attached hydrogen (secondary N) is 1. The van der Waals surface area contributed by atoms with E-state index in [1.54, 1.807) is 0 Å². The van der Waals surface area contributed by atoms with Crippen LogP contribution >= 0.6 is 0 Å². The lowest BCUT2D eigenvalue weighted by atomic mass is 9.87. The molecule has 100 valence electrons. The number of aliphatic hydroxyl groups is 2. The topological polar surface area (TPSA) is 52.5 Å². The van der Waals surface area contributed by atoms with Crippen LogP contribution in [0, 0.1) is 5.92 Å². The maximum atomic E-state index is 10.0. The van der Waals surface area contributed by atoms with Gasteiger partial charge in [0, 0.05) is 6.04 Å². The number of hydrogen-bond donors (Lipinski definition) is 3. The molecule has 3 N–H and O–H groups in total. The first-order chi connectivity index (χ1) is 8.25. The van der Waals surface area contributed by atoms with E-state index in [1.165, 1.54) is 19.3 Å². The Hall–Kier alpha value is -0.120. The Kier molecular flexibility index (Phi) is 5.26. The third kappa shape index (κ3) is 4.23. The van der Waals surface area contributed by atoms with Gasteiger partial charge in [-0.1, -0.05) is 19.3 Å². The third-order valence-electron chi connectivity index (χ3n) is 4.46. The molecule has 0 amide bonds. The smallest absolute Gasteiger partial charge is 0.0693 e. The van der Waals surface area contributed by atoms with E-state index >= 15 is 0 Å². The second-order valence-corrected chi connectivity index (χ2v) is 5.89. The van der Waals surface area contributed by atoms with Gasteiger partial charge in [0.15, 0.2) is 0 Å². The minimum atomic E-state index is -0.147. The van der Waals surface area contributed by atoms with E-state index in [0.29, 0.717) is 12.0 Å². The van der Waals surface area contributed by atoms with Crippen molar-refractivity contribution in [1.29, 1.82) is 0 Å². The molecule has 0 aromatic rings. The van der Waals surface area contributed by atoms with Crippen molar-refractivity contribution in [1.82, 2.24) is 5.32 Å². The van der Waals surface area contributed by atoms with E-state index in [2.05, 4.69) is 5.32 Å². The number of rotatable bonds is 3. The molecule has 2 fully saturated rings. The molecule has 3 heteroatoms. The fraction of sp³-hybridized carbons (Fsp3) is 1.00. The summed E-state index contributed by atoms with van der Waals surface area (Å²) in [5, 5.41) is 23.0. The summed E-state index contributed by atoms with van der Waals surface area (Å²) in [6, 6.07) is 0.310. The zero-order valence-electron chi connectivity index (χ0n) is 10.8. The summed E-state index contributed by atoms with van der Waals surface area (Å²) in [4.78, 5) is 0. The number of aliphatic hydroxyl groups excluding tert-OH is 2. The molecular formula is C14H27NO2. The van der Waals surface area contributed by atoms with Gasteiger partial charge in [-0.15, -0.1) is 0 Å². The van der Waals surface area contributed by atoms with Gasteiger partial charge in [-0.3, -0.25) is 0 Å². The lowest BCUT2D eigenvalue weighted by Crippen LogP contribution is -2.42. The Morgan fingerprint density at radius 1 is 0.824 bits per heavy atom. The highest BCUT2D eigenvalue weighted by Gasteiger charge is 2.24. The third-order valence-corrected chi connectivity index (χ3v) is 4.46. The van der Waals surface area contributed by atoms with Crippen molar-refractivity contribution in [3.05, 3.63) is 0 Å². The van der Waals surface area contributed by atoms with Gasteiger partial charge in [0.1, 0.15) is 0 Å². The Morgan fingerprint density at radius 2 is 1.53 bits per heavy atom. The molecule has 2 unspecified atom stereocenters. The van der Waals surface area contributed by atoms with Gasteiger partial charge in [0.25, 0.3) is 0 Å². The quantitative estimate of drug-likeness (QED) is 0.661. The van der Waals surface area contributed by atoms with Gasteiger partial charge in [-0.25, -0.2) is 0 Å². The summed E-state index contributed by atoms with van der Waals surface area (Å²) < 4.78 is 0. The molecule has 0 aliphatic heterocycles. The van der Waals surface area contributed by atoms with Crippen molar-refractivity contribution in [3.63, 3.8) is 0 Å². The summed E-state index contributed by atoms with van der Waals surface area (Å²) in [7, 11) is 0. The van der Waals surface area contributed by atoms with E-state index in [9.17, 15) is 10.2 Å². The Morgan fingerprint density at radius 3 is 2.29 bits per heavy atom. The van der Waals surface area contributed by atoms with Gasteiger partial charge >= 0.3 is 0 Å². The van der Waals surface area contributed by atoms with Crippen molar-refractivity contribution >= 4 is 0 Å². The summed E-state index contributed by atoms with van der Waals surface area (Å²) in [5.41, 5.74) is 0. The summed E-state index contributed by atoms with van der Waals surface area (Å²) in [6.45, 7) is 1.02. The molecule has 0 heterocycles. The van der Waals surface area contributed by atoms with Crippen molar-refractivity contribution in [2.24, 2.45) is 5.92 Å². The van der Waals surface area contributed by atoms with Crippen LogP contribution in [0.5, 0.6) is 0 Å². The van der Waals surface area contributed by atoms with E-state index < -0.39 is 0 Å². The summed E-state index contributed by atoms with van der Waals surface area (Å²) in [6.07, 6.45) is 9.75. The van der Waals surface area contributed by atoms with Crippen LogP contribution in [0.2, 0.25) is 0 Å². The highest BCUT2D eigenvalue weighted by Crippen LogP contribution is 2.24. The Bertz CT molecular complexity index is 214. The summed E-state index contributed by atoms with van der Waals surface area (Å²) >= 11 is 0. The zero-order valence-corrected chi connectivity index (χ0v) is 10.8. The van der Waals surface area contributed by atoms with Crippen LogP contribution < -0.4 is 5.32 Å². The van der Waals surface area contributed by atoms with E-state index in [0.717, 1.165) is 45.1 Å². The average Bonchev–Trinajstić information content (AvgIpc) is 2.54. The van der Waals surface area contributed by atoms with Crippen LogP contribution in [0.3, 0.4) is 0 Å². The van der Waals surface area contributed by atoms with Crippen LogP contribution in [-0.4, -0.2) is 35.0 Å². The molecule has 2 atom stereocenters. The van der Waals surface area contributed by atoms with Gasteiger partial charge in [0.05, 0.1) is 12.2 Å². The zero-order chi connectivity index (χ0) is 12.1. The predicted octanol–water partition coefficient (Wildman–Crippen LogP) is 1.82. The van der Waals surface area contributed by atoms with E-state index in [4.69, 9.17) is 0 Å². The van der Waals surface area contributed by atoms with Crippen LogP contribution in [0.4, 0.5) is 0 Å². The number of hydrogen-bond acceptors (Lipinski definition) is 3. The molecule has 2 saturated carbocycles. The lowest BCUT2D eigenvalue weighted by molar-refractivity contribution is 0.0956. The normalized spacial score (nSPS) is 39.9. The van der Waals surface area contributed by atoms with Crippen molar-refractivity contribution < 1.29 is 10.2 Å².